The Balaban J connectivity index is 1.42. The quantitative estimate of drug-likeness (QED) is 0.562. The van der Waals surface area contributed by atoms with Crippen LogP contribution in [0.3, 0.4) is 0 Å². The van der Waals surface area contributed by atoms with E-state index < -0.39 is 11.7 Å². The summed E-state index contributed by atoms with van der Waals surface area (Å²) >= 11 is 0. The summed E-state index contributed by atoms with van der Waals surface area (Å²) in [5.74, 6) is 1.89. The zero-order chi connectivity index (χ0) is 20.9. The van der Waals surface area contributed by atoms with Gasteiger partial charge in [0.2, 0.25) is 5.89 Å². The summed E-state index contributed by atoms with van der Waals surface area (Å²) in [6, 6.07) is 5.59. The van der Waals surface area contributed by atoms with Crippen LogP contribution in [0.15, 0.2) is 33.8 Å². The monoisotopic (exact) mass is 410 g/mol. The van der Waals surface area contributed by atoms with Gasteiger partial charge in [-0.25, -0.2) is 0 Å². The lowest BCUT2D eigenvalue weighted by molar-refractivity contribution is -0.137. The largest absolute Gasteiger partial charge is 0.416 e. The van der Waals surface area contributed by atoms with E-state index in [0.29, 0.717) is 37.2 Å². The Hall–Kier alpha value is -2.62. The van der Waals surface area contributed by atoms with Crippen molar-refractivity contribution in [1.82, 2.24) is 25.7 Å². The molecule has 1 aromatic carbocycles. The highest BCUT2D eigenvalue weighted by Gasteiger charge is 2.30. The second-order valence-electron chi connectivity index (χ2n) is 7.04. The molecule has 1 saturated heterocycles. The van der Waals surface area contributed by atoms with Crippen LogP contribution in [-0.4, -0.2) is 53.7 Å². The molecule has 0 bridgehead atoms. The van der Waals surface area contributed by atoms with Gasteiger partial charge in [0.05, 0.1) is 5.56 Å². The van der Waals surface area contributed by atoms with Crippen molar-refractivity contribution in [2.24, 2.45) is 4.99 Å². The number of hydrogen-bond donors (Lipinski definition) is 2. The number of hydrogen-bond acceptors (Lipinski definition) is 5. The minimum Gasteiger partial charge on any atom is -0.356 e. The van der Waals surface area contributed by atoms with E-state index in [4.69, 9.17) is 4.52 Å². The van der Waals surface area contributed by atoms with E-state index >= 15 is 0 Å². The van der Waals surface area contributed by atoms with Gasteiger partial charge in [0.1, 0.15) is 0 Å². The molecule has 3 rings (SSSR count). The Kier molecular flexibility index (Phi) is 6.73. The number of likely N-dealkylation sites (tertiary alicyclic amines) is 1. The third kappa shape index (κ3) is 6.18. The number of nitrogens with zero attached hydrogens (tertiary/aromatic N) is 4. The lowest BCUT2D eigenvalue weighted by Crippen LogP contribution is -2.45. The number of rotatable bonds is 6. The number of aromatic nitrogens is 2. The minimum absolute atomic E-state index is 0.223. The van der Waals surface area contributed by atoms with E-state index in [-0.39, 0.29) is 6.04 Å². The Morgan fingerprint density at radius 1 is 1.31 bits per heavy atom. The highest BCUT2D eigenvalue weighted by Crippen LogP contribution is 2.29. The Morgan fingerprint density at radius 3 is 2.69 bits per heavy atom. The number of guanidine groups is 1. The SMILES string of the molecule is CN=C(NCCc1nc(C)no1)NC1CCN(Cc2ccc(C(F)(F)F)cc2)C1. The van der Waals surface area contributed by atoms with Gasteiger partial charge in [0.15, 0.2) is 11.8 Å². The van der Waals surface area contributed by atoms with Crippen molar-refractivity contribution < 1.29 is 17.7 Å². The third-order valence-corrected chi connectivity index (χ3v) is 4.73. The normalized spacial score (nSPS) is 18.2. The van der Waals surface area contributed by atoms with Gasteiger partial charge in [-0.1, -0.05) is 17.3 Å². The first-order valence-electron chi connectivity index (χ1n) is 9.48. The van der Waals surface area contributed by atoms with Gasteiger partial charge in [0.25, 0.3) is 0 Å². The topological polar surface area (TPSA) is 78.6 Å². The van der Waals surface area contributed by atoms with Crippen LogP contribution in [0, 0.1) is 6.92 Å². The standard InChI is InChI=1S/C19H25F3N6O/c1-13-25-17(29-27-13)7-9-24-18(23-2)26-16-8-10-28(12-16)11-14-3-5-15(6-4-14)19(20,21)22/h3-6,16H,7-12H2,1-2H3,(H2,23,24,26). The van der Waals surface area contributed by atoms with Crippen molar-refractivity contribution in [3.63, 3.8) is 0 Å². The molecule has 1 atom stereocenters. The van der Waals surface area contributed by atoms with Crippen molar-refractivity contribution in [2.45, 2.75) is 38.5 Å². The molecule has 0 spiro atoms. The third-order valence-electron chi connectivity index (χ3n) is 4.73. The van der Waals surface area contributed by atoms with E-state index in [1.807, 2.05) is 0 Å². The molecule has 10 heteroatoms. The van der Waals surface area contributed by atoms with Crippen LogP contribution >= 0.6 is 0 Å². The highest BCUT2D eigenvalue weighted by molar-refractivity contribution is 5.80. The average Bonchev–Trinajstić information content (AvgIpc) is 3.29. The van der Waals surface area contributed by atoms with Crippen molar-refractivity contribution in [2.75, 3.05) is 26.7 Å². The molecule has 29 heavy (non-hydrogen) atoms. The van der Waals surface area contributed by atoms with Gasteiger partial charge in [-0.3, -0.25) is 9.89 Å². The lowest BCUT2D eigenvalue weighted by atomic mass is 10.1. The van der Waals surface area contributed by atoms with Gasteiger partial charge >= 0.3 is 6.18 Å². The molecule has 1 aromatic heterocycles. The summed E-state index contributed by atoms with van der Waals surface area (Å²) in [7, 11) is 1.71. The molecule has 1 aliphatic heterocycles. The molecular formula is C19H25F3N6O. The molecule has 0 amide bonds. The first-order valence-corrected chi connectivity index (χ1v) is 9.48. The zero-order valence-corrected chi connectivity index (χ0v) is 16.5. The van der Waals surface area contributed by atoms with Crippen LogP contribution in [0.1, 0.15) is 29.3 Å². The predicted molar refractivity (Wildman–Crippen MR) is 102 cm³/mol. The van der Waals surface area contributed by atoms with Crippen LogP contribution in [-0.2, 0) is 19.1 Å². The fourth-order valence-corrected chi connectivity index (χ4v) is 3.27. The van der Waals surface area contributed by atoms with Crippen LogP contribution < -0.4 is 10.6 Å². The van der Waals surface area contributed by atoms with Crippen molar-refractivity contribution >= 4 is 5.96 Å². The summed E-state index contributed by atoms with van der Waals surface area (Å²) in [6.45, 7) is 4.68. The number of benzene rings is 1. The summed E-state index contributed by atoms with van der Waals surface area (Å²) in [5, 5.41) is 10.4. The fourth-order valence-electron chi connectivity index (χ4n) is 3.27. The first kappa shape index (κ1) is 21.1. The molecule has 158 valence electrons. The van der Waals surface area contributed by atoms with Crippen molar-refractivity contribution in [1.29, 1.82) is 0 Å². The molecule has 0 aliphatic carbocycles. The molecule has 0 saturated carbocycles. The van der Waals surface area contributed by atoms with Crippen LogP contribution in [0.4, 0.5) is 13.2 Å². The molecule has 1 aliphatic rings. The molecule has 1 fully saturated rings. The summed E-state index contributed by atoms with van der Waals surface area (Å²) < 4.78 is 43.1. The van der Waals surface area contributed by atoms with Gasteiger partial charge in [-0.05, 0) is 31.0 Å². The van der Waals surface area contributed by atoms with E-state index in [1.54, 1.807) is 26.1 Å². The minimum atomic E-state index is -4.30. The highest BCUT2D eigenvalue weighted by atomic mass is 19.4. The summed E-state index contributed by atoms with van der Waals surface area (Å²) in [6.07, 6.45) is -2.76. The Morgan fingerprint density at radius 2 is 2.07 bits per heavy atom. The van der Waals surface area contributed by atoms with E-state index in [0.717, 1.165) is 37.2 Å². The van der Waals surface area contributed by atoms with Gasteiger partial charge in [-0.15, -0.1) is 0 Å². The van der Waals surface area contributed by atoms with Gasteiger partial charge in [-0.2, -0.15) is 18.2 Å². The molecule has 2 aromatic rings. The van der Waals surface area contributed by atoms with E-state index in [2.05, 4.69) is 30.7 Å². The van der Waals surface area contributed by atoms with Crippen molar-refractivity contribution in [3.05, 3.63) is 47.1 Å². The van der Waals surface area contributed by atoms with Gasteiger partial charge in [0, 0.05) is 45.7 Å². The van der Waals surface area contributed by atoms with E-state index in [9.17, 15) is 13.2 Å². The number of alkyl halides is 3. The number of halogens is 3. The summed E-state index contributed by atoms with van der Waals surface area (Å²) in [5.41, 5.74) is 0.254. The maximum Gasteiger partial charge on any atom is 0.416 e. The molecule has 2 N–H and O–H groups in total. The Labute approximate surface area is 167 Å². The fraction of sp³-hybridized carbons (Fsp3) is 0.526. The zero-order valence-electron chi connectivity index (χ0n) is 16.5. The molecular weight excluding hydrogens is 385 g/mol. The van der Waals surface area contributed by atoms with Crippen LogP contribution in [0.25, 0.3) is 0 Å². The molecule has 2 heterocycles. The maximum absolute atomic E-state index is 12.7. The molecule has 0 radical (unpaired) electrons. The smallest absolute Gasteiger partial charge is 0.356 e. The predicted octanol–water partition coefficient (Wildman–Crippen LogP) is 2.38. The number of aliphatic imine (C=N–C) groups is 1. The number of nitrogens with one attached hydrogen (secondary N) is 2. The van der Waals surface area contributed by atoms with Crippen molar-refractivity contribution in [3.8, 4) is 0 Å². The lowest BCUT2D eigenvalue weighted by Gasteiger charge is -2.19. The van der Waals surface area contributed by atoms with E-state index in [1.165, 1.54) is 0 Å². The van der Waals surface area contributed by atoms with Crippen LogP contribution in [0.2, 0.25) is 0 Å². The Bertz CT molecular complexity index is 818. The second kappa shape index (κ2) is 9.25. The second-order valence-corrected chi connectivity index (χ2v) is 7.04. The molecule has 1 unspecified atom stereocenters. The summed E-state index contributed by atoms with van der Waals surface area (Å²) in [4.78, 5) is 10.6. The number of aryl methyl sites for hydroxylation is 1. The average molecular weight is 410 g/mol. The maximum atomic E-state index is 12.7. The van der Waals surface area contributed by atoms with Crippen LogP contribution in [0.5, 0.6) is 0 Å². The molecule has 7 nitrogen and oxygen atoms in total. The first-order chi connectivity index (χ1) is 13.8. The van der Waals surface area contributed by atoms with Gasteiger partial charge < -0.3 is 15.2 Å².